The van der Waals surface area contributed by atoms with Crippen LogP contribution in [0.1, 0.15) is 11.1 Å². The zero-order chi connectivity index (χ0) is 14.8. The molecular weight excluding hydrogens is 355 g/mol. The van der Waals surface area contributed by atoms with Crippen molar-refractivity contribution in [3.05, 3.63) is 63.1 Å². The zero-order valence-electron chi connectivity index (χ0n) is 10.1. The number of benzene rings is 2. The van der Waals surface area contributed by atoms with Crippen LogP contribution in [0.25, 0.3) is 0 Å². The Kier molecular flexibility index (Phi) is 4.60. The Morgan fingerprint density at radius 3 is 2.45 bits per heavy atom. The van der Waals surface area contributed by atoms with E-state index in [4.69, 9.17) is 11.6 Å². The second kappa shape index (κ2) is 6.06. The number of rotatable bonds is 3. The van der Waals surface area contributed by atoms with Crippen LogP contribution in [-0.4, -0.2) is 0 Å². The van der Waals surface area contributed by atoms with Crippen molar-refractivity contribution in [3.63, 3.8) is 0 Å². The van der Waals surface area contributed by atoms with E-state index in [2.05, 4.69) is 21.2 Å². The zero-order valence-corrected chi connectivity index (χ0v) is 12.5. The molecule has 1 N–H and O–H groups in total. The number of alkyl halides is 3. The smallest absolute Gasteiger partial charge is 0.381 e. The number of hydrogen-bond donors (Lipinski definition) is 1. The molecule has 2 aromatic rings. The van der Waals surface area contributed by atoms with Gasteiger partial charge >= 0.3 is 6.18 Å². The highest BCUT2D eigenvalue weighted by atomic mass is 79.9. The summed E-state index contributed by atoms with van der Waals surface area (Å²) in [5.41, 5.74) is 0.491. The molecule has 0 atom stereocenters. The van der Waals surface area contributed by atoms with Crippen molar-refractivity contribution in [2.24, 2.45) is 0 Å². The molecule has 2 rings (SSSR count). The molecule has 0 saturated carbocycles. The summed E-state index contributed by atoms with van der Waals surface area (Å²) in [6.07, 6.45) is -4.46. The maximum atomic E-state index is 12.7. The third kappa shape index (κ3) is 3.67. The highest BCUT2D eigenvalue weighted by molar-refractivity contribution is 9.10. The highest BCUT2D eigenvalue weighted by Gasteiger charge is 2.33. The Labute approximate surface area is 127 Å². The minimum Gasteiger partial charge on any atom is -0.381 e. The summed E-state index contributed by atoms with van der Waals surface area (Å²) in [5.74, 6) is 0. The van der Waals surface area contributed by atoms with Crippen LogP contribution in [0.2, 0.25) is 5.02 Å². The molecule has 0 spiro atoms. The van der Waals surface area contributed by atoms with E-state index in [1.165, 1.54) is 12.1 Å². The Bertz CT molecular complexity index is 614. The molecule has 2 aromatic carbocycles. The van der Waals surface area contributed by atoms with Crippen molar-refractivity contribution in [1.29, 1.82) is 0 Å². The maximum Gasteiger partial charge on any atom is 0.417 e. The molecule has 106 valence electrons. The molecule has 0 radical (unpaired) electrons. The van der Waals surface area contributed by atoms with Gasteiger partial charge in [-0.05, 0) is 29.8 Å². The first kappa shape index (κ1) is 15.2. The fourth-order valence-corrected chi connectivity index (χ4v) is 2.34. The normalized spacial score (nSPS) is 11.4. The summed E-state index contributed by atoms with van der Waals surface area (Å²) in [6, 6.07) is 11.3. The predicted octanol–water partition coefficient (Wildman–Crippen LogP) is 5.73. The molecule has 6 heteroatoms. The van der Waals surface area contributed by atoms with E-state index in [9.17, 15) is 13.2 Å². The average Bonchev–Trinajstić information content (AvgIpc) is 2.38. The molecule has 20 heavy (non-hydrogen) atoms. The fraction of sp³-hybridized carbons (Fsp3) is 0.143. The van der Waals surface area contributed by atoms with Gasteiger partial charge in [0.1, 0.15) is 0 Å². The first-order valence-electron chi connectivity index (χ1n) is 5.72. The van der Waals surface area contributed by atoms with Crippen LogP contribution in [0.3, 0.4) is 0 Å². The lowest BCUT2D eigenvalue weighted by Gasteiger charge is -2.13. The SMILES string of the molecule is FC(F)(F)c1cc(NCc2ccccc2Br)ccc1Cl. The second-order valence-electron chi connectivity index (χ2n) is 4.14. The van der Waals surface area contributed by atoms with Crippen LogP contribution in [0.4, 0.5) is 18.9 Å². The van der Waals surface area contributed by atoms with Crippen molar-refractivity contribution in [3.8, 4) is 0 Å². The van der Waals surface area contributed by atoms with Gasteiger partial charge in [0.05, 0.1) is 10.6 Å². The van der Waals surface area contributed by atoms with E-state index in [0.717, 1.165) is 16.1 Å². The molecule has 0 amide bonds. The van der Waals surface area contributed by atoms with E-state index < -0.39 is 11.7 Å². The third-order valence-corrected chi connectivity index (χ3v) is 3.82. The molecule has 0 heterocycles. The summed E-state index contributed by atoms with van der Waals surface area (Å²) in [7, 11) is 0. The first-order valence-corrected chi connectivity index (χ1v) is 6.89. The topological polar surface area (TPSA) is 12.0 Å². The van der Waals surface area contributed by atoms with Gasteiger partial charge in [0, 0.05) is 16.7 Å². The predicted molar refractivity (Wildman–Crippen MR) is 77.9 cm³/mol. The molecule has 0 unspecified atom stereocenters. The van der Waals surface area contributed by atoms with Crippen LogP contribution in [0.15, 0.2) is 46.9 Å². The van der Waals surface area contributed by atoms with E-state index >= 15 is 0 Å². The van der Waals surface area contributed by atoms with E-state index in [1.807, 2.05) is 24.3 Å². The lowest BCUT2D eigenvalue weighted by atomic mass is 10.1. The highest BCUT2D eigenvalue weighted by Crippen LogP contribution is 2.36. The quantitative estimate of drug-likeness (QED) is 0.733. The molecule has 0 bridgehead atoms. The van der Waals surface area contributed by atoms with E-state index in [1.54, 1.807) is 0 Å². The summed E-state index contributed by atoms with van der Waals surface area (Å²) in [6.45, 7) is 0.417. The van der Waals surface area contributed by atoms with Crippen LogP contribution >= 0.6 is 27.5 Å². The Morgan fingerprint density at radius 1 is 1.10 bits per heavy atom. The van der Waals surface area contributed by atoms with Crippen LogP contribution in [-0.2, 0) is 12.7 Å². The van der Waals surface area contributed by atoms with Gasteiger partial charge in [0.25, 0.3) is 0 Å². The van der Waals surface area contributed by atoms with Gasteiger partial charge in [-0.15, -0.1) is 0 Å². The largest absolute Gasteiger partial charge is 0.417 e. The lowest BCUT2D eigenvalue weighted by Crippen LogP contribution is -2.07. The number of halogens is 5. The van der Waals surface area contributed by atoms with Crippen molar-refractivity contribution in [2.45, 2.75) is 12.7 Å². The lowest BCUT2D eigenvalue weighted by molar-refractivity contribution is -0.137. The van der Waals surface area contributed by atoms with Gasteiger partial charge in [-0.25, -0.2) is 0 Å². The monoisotopic (exact) mass is 363 g/mol. The summed E-state index contributed by atoms with van der Waals surface area (Å²) in [4.78, 5) is 0. The number of anilines is 1. The Morgan fingerprint density at radius 2 is 1.80 bits per heavy atom. The molecule has 0 aliphatic heterocycles. The average molecular weight is 365 g/mol. The molecule has 1 nitrogen and oxygen atoms in total. The van der Waals surface area contributed by atoms with Gasteiger partial charge in [0.2, 0.25) is 0 Å². The Hall–Kier alpha value is -1.20. The van der Waals surface area contributed by atoms with Gasteiger partial charge < -0.3 is 5.32 Å². The van der Waals surface area contributed by atoms with Crippen molar-refractivity contribution in [2.75, 3.05) is 5.32 Å². The molecule has 0 aromatic heterocycles. The maximum absolute atomic E-state index is 12.7. The van der Waals surface area contributed by atoms with E-state index in [-0.39, 0.29) is 5.02 Å². The second-order valence-corrected chi connectivity index (χ2v) is 5.40. The minimum absolute atomic E-state index is 0.302. The fourth-order valence-electron chi connectivity index (χ4n) is 1.69. The van der Waals surface area contributed by atoms with Gasteiger partial charge in [0.15, 0.2) is 0 Å². The van der Waals surface area contributed by atoms with Crippen LogP contribution < -0.4 is 5.32 Å². The Balaban J connectivity index is 2.17. The molecule has 0 aliphatic rings. The van der Waals surface area contributed by atoms with E-state index in [0.29, 0.717) is 12.2 Å². The minimum atomic E-state index is -4.46. The molecule has 0 aliphatic carbocycles. The molecule has 0 fully saturated rings. The summed E-state index contributed by atoms with van der Waals surface area (Å²) >= 11 is 8.95. The first-order chi connectivity index (χ1) is 9.38. The summed E-state index contributed by atoms with van der Waals surface area (Å²) in [5, 5.41) is 2.65. The third-order valence-electron chi connectivity index (χ3n) is 2.71. The standard InChI is InChI=1S/C14H10BrClF3N/c15-12-4-2-1-3-9(12)8-20-10-5-6-13(16)11(7-10)14(17,18)19/h1-7,20H,8H2. The summed E-state index contributed by atoms with van der Waals surface area (Å²) < 4.78 is 39.1. The van der Waals surface area contributed by atoms with Gasteiger partial charge in [-0.2, -0.15) is 13.2 Å². The van der Waals surface area contributed by atoms with Gasteiger partial charge in [-0.1, -0.05) is 45.7 Å². The van der Waals surface area contributed by atoms with Crippen molar-refractivity contribution < 1.29 is 13.2 Å². The number of hydrogen-bond acceptors (Lipinski definition) is 1. The van der Waals surface area contributed by atoms with Gasteiger partial charge in [-0.3, -0.25) is 0 Å². The number of nitrogens with one attached hydrogen (secondary N) is 1. The molecular formula is C14H10BrClF3N. The molecule has 0 saturated heterocycles. The van der Waals surface area contributed by atoms with Crippen LogP contribution in [0, 0.1) is 0 Å². The van der Waals surface area contributed by atoms with Crippen molar-refractivity contribution >= 4 is 33.2 Å². The van der Waals surface area contributed by atoms with Crippen molar-refractivity contribution in [1.82, 2.24) is 0 Å². The van der Waals surface area contributed by atoms with Crippen LogP contribution in [0.5, 0.6) is 0 Å².